The van der Waals surface area contributed by atoms with E-state index in [4.69, 9.17) is 16.1 Å². The highest BCUT2D eigenvalue weighted by Crippen LogP contribution is 2.60. The molecule has 0 radical (unpaired) electrons. The second kappa shape index (κ2) is 3.00. The summed E-state index contributed by atoms with van der Waals surface area (Å²) in [6.45, 7) is 0. The van der Waals surface area contributed by atoms with E-state index in [0.29, 0.717) is 0 Å². The van der Waals surface area contributed by atoms with Gasteiger partial charge < -0.3 is 4.52 Å². The molecular formula is C12H15ClN2O. The maximum Gasteiger partial charge on any atom is 0.263 e. The minimum Gasteiger partial charge on any atom is -0.337 e. The van der Waals surface area contributed by atoms with Crippen LogP contribution in [0.15, 0.2) is 4.52 Å². The topological polar surface area (TPSA) is 38.9 Å². The van der Waals surface area contributed by atoms with E-state index in [0.717, 1.165) is 23.6 Å². The van der Waals surface area contributed by atoms with Gasteiger partial charge in [0, 0.05) is 0 Å². The van der Waals surface area contributed by atoms with Gasteiger partial charge in [-0.15, -0.1) is 0 Å². The molecule has 4 saturated carbocycles. The molecular weight excluding hydrogens is 224 g/mol. The van der Waals surface area contributed by atoms with Crippen LogP contribution in [0.1, 0.15) is 44.4 Å². The highest BCUT2D eigenvalue weighted by atomic mass is 35.5. The second-order valence-electron chi connectivity index (χ2n) is 6.07. The Hall–Kier alpha value is -0.570. The van der Waals surface area contributed by atoms with Gasteiger partial charge in [-0.05, 0) is 73.0 Å². The van der Waals surface area contributed by atoms with Crippen molar-refractivity contribution in [1.29, 1.82) is 0 Å². The lowest BCUT2D eigenvalue weighted by molar-refractivity contribution is -0.0201. The third kappa shape index (κ3) is 1.21. The lowest BCUT2D eigenvalue weighted by atomic mass is 9.49. The van der Waals surface area contributed by atoms with Gasteiger partial charge in [0.2, 0.25) is 5.89 Å². The molecule has 1 aromatic rings. The Kier molecular flexibility index (Phi) is 1.78. The van der Waals surface area contributed by atoms with Crippen molar-refractivity contribution in [2.45, 2.75) is 43.9 Å². The molecule has 0 aliphatic heterocycles. The molecule has 4 fully saturated rings. The van der Waals surface area contributed by atoms with Gasteiger partial charge in [-0.3, -0.25) is 0 Å². The molecule has 86 valence electrons. The summed E-state index contributed by atoms with van der Waals surface area (Å²) in [4.78, 5) is 4.29. The van der Waals surface area contributed by atoms with E-state index in [2.05, 4.69) is 10.1 Å². The van der Waals surface area contributed by atoms with Crippen LogP contribution in [0.5, 0.6) is 0 Å². The lowest BCUT2D eigenvalue weighted by Crippen LogP contribution is -2.48. The quantitative estimate of drug-likeness (QED) is 0.754. The molecule has 0 N–H and O–H groups in total. The Morgan fingerprint density at radius 1 is 1.06 bits per heavy atom. The van der Waals surface area contributed by atoms with E-state index in [1.165, 1.54) is 38.5 Å². The first-order chi connectivity index (χ1) is 7.73. The molecule has 0 unspecified atom stereocenters. The molecule has 0 spiro atoms. The van der Waals surface area contributed by atoms with E-state index < -0.39 is 0 Å². The van der Waals surface area contributed by atoms with Crippen LogP contribution >= 0.6 is 11.6 Å². The molecule has 0 amide bonds. The fourth-order valence-electron chi connectivity index (χ4n) is 4.79. The molecule has 0 saturated heterocycles. The molecule has 16 heavy (non-hydrogen) atoms. The molecule has 1 aromatic heterocycles. The number of hydrogen-bond acceptors (Lipinski definition) is 3. The van der Waals surface area contributed by atoms with Crippen molar-refractivity contribution < 1.29 is 4.52 Å². The molecule has 0 aromatic carbocycles. The summed E-state index contributed by atoms with van der Waals surface area (Å²) >= 11 is 5.78. The van der Waals surface area contributed by atoms with Crippen LogP contribution in [-0.4, -0.2) is 10.1 Å². The van der Waals surface area contributed by atoms with Crippen molar-refractivity contribution in [1.82, 2.24) is 10.1 Å². The second-order valence-corrected chi connectivity index (χ2v) is 6.40. The number of rotatable bonds is 1. The Morgan fingerprint density at radius 3 is 2.06 bits per heavy atom. The molecule has 3 nitrogen and oxygen atoms in total. The fourth-order valence-corrected chi connectivity index (χ4v) is 4.90. The summed E-state index contributed by atoms with van der Waals surface area (Å²) in [5.41, 5.74) is 0.189. The highest BCUT2D eigenvalue weighted by Gasteiger charge is 2.54. The minimum absolute atomic E-state index is 0.189. The average Bonchev–Trinajstić information content (AvgIpc) is 2.63. The third-order valence-corrected chi connectivity index (χ3v) is 5.05. The van der Waals surface area contributed by atoms with E-state index in [-0.39, 0.29) is 10.7 Å². The maximum atomic E-state index is 5.78. The molecule has 4 bridgehead atoms. The number of nitrogens with zero attached hydrogens (tertiary/aromatic N) is 2. The van der Waals surface area contributed by atoms with Crippen molar-refractivity contribution in [3.05, 3.63) is 11.2 Å². The molecule has 4 aliphatic carbocycles. The van der Waals surface area contributed by atoms with Crippen LogP contribution in [0, 0.1) is 17.8 Å². The van der Waals surface area contributed by atoms with Crippen molar-refractivity contribution in [3.8, 4) is 0 Å². The van der Waals surface area contributed by atoms with Crippen molar-refractivity contribution in [2.75, 3.05) is 0 Å². The fraction of sp³-hybridized carbons (Fsp3) is 0.833. The number of halogens is 1. The minimum atomic E-state index is 0.189. The summed E-state index contributed by atoms with van der Waals surface area (Å²) in [6, 6.07) is 0. The van der Waals surface area contributed by atoms with E-state index in [9.17, 15) is 0 Å². The van der Waals surface area contributed by atoms with Crippen molar-refractivity contribution >= 4 is 11.6 Å². The van der Waals surface area contributed by atoms with Gasteiger partial charge in [-0.1, -0.05) is 0 Å². The van der Waals surface area contributed by atoms with Crippen LogP contribution < -0.4 is 0 Å². The third-order valence-electron chi connectivity index (χ3n) is 4.89. The van der Waals surface area contributed by atoms with Crippen LogP contribution in [0.2, 0.25) is 5.28 Å². The first-order valence-electron chi connectivity index (χ1n) is 6.23. The standard InChI is InChI=1S/C12H15ClN2O/c13-11-14-10(16-15-11)12-4-7-1-8(5-12)3-9(2-7)6-12/h7-9H,1-6H2. The first-order valence-corrected chi connectivity index (χ1v) is 6.61. The Labute approximate surface area is 99.6 Å². The maximum absolute atomic E-state index is 5.78. The molecule has 1 heterocycles. The molecule has 5 rings (SSSR count). The van der Waals surface area contributed by atoms with Gasteiger partial charge >= 0.3 is 0 Å². The summed E-state index contributed by atoms with van der Waals surface area (Å²) in [5.74, 6) is 3.52. The number of aromatic nitrogens is 2. The zero-order valence-corrected chi connectivity index (χ0v) is 9.91. The molecule has 0 atom stereocenters. The van der Waals surface area contributed by atoms with E-state index >= 15 is 0 Å². The zero-order chi connectivity index (χ0) is 10.8. The van der Waals surface area contributed by atoms with Gasteiger partial charge in [0.1, 0.15) is 0 Å². The summed E-state index contributed by atoms with van der Waals surface area (Å²) < 4.78 is 5.36. The molecule has 4 heteroatoms. The van der Waals surface area contributed by atoms with Crippen LogP contribution in [0.4, 0.5) is 0 Å². The lowest BCUT2D eigenvalue weighted by Gasteiger charge is -2.55. The van der Waals surface area contributed by atoms with Crippen molar-refractivity contribution in [3.63, 3.8) is 0 Å². The van der Waals surface area contributed by atoms with Gasteiger partial charge in [-0.2, -0.15) is 4.98 Å². The SMILES string of the molecule is Clc1noc(C23CC4CC(CC(C4)C2)C3)n1. The van der Waals surface area contributed by atoms with E-state index in [1.807, 2.05) is 0 Å². The smallest absolute Gasteiger partial charge is 0.263 e. The zero-order valence-electron chi connectivity index (χ0n) is 9.16. The van der Waals surface area contributed by atoms with E-state index in [1.54, 1.807) is 0 Å². The summed E-state index contributed by atoms with van der Waals surface area (Å²) in [5, 5.41) is 4.02. The van der Waals surface area contributed by atoms with Gasteiger partial charge in [-0.25, -0.2) is 0 Å². The monoisotopic (exact) mass is 238 g/mol. The van der Waals surface area contributed by atoms with Crippen LogP contribution in [0.25, 0.3) is 0 Å². The average molecular weight is 239 g/mol. The predicted octanol–water partition coefficient (Wildman–Crippen LogP) is 3.19. The van der Waals surface area contributed by atoms with Crippen LogP contribution in [0.3, 0.4) is 0 Å². The largest absolute Gasteiger partial charge is 0.337 e. The van der Waals surface area contributed by atoms with Gasteiger partial charge in [0.15, 0.2) is 0 Å². The number of hydrogen-bond donors (Lipinski definition) is 0. The normalized spacial score (nSPS) is 45.2. The predicted molar refractivity (Wildman–Crippen MR) is 59.2 cm³/mol. The highest BCUT2D eigenvalue weighted by molar-refractivity contribution is 6.28. The Morgan fingerprint density at radius 2 is 1.62 bits per heavy atom. The van der Waals surface area contributed by atoms with Gasteiger partial charge in [0.25, 0.3) is 5.28 Å². The van der Waals surface area contributed by atoms with Gasteiger partial charge in [0.05, 0.1) is 5.41 Å². The summed E-state index contributed by atoms with van der Waals surface area (Å²) in [7, 11) is 0. The first kappa shape index (κ1) is 9.46. The van der Waals surface area contributed by atoms with Crippen LogP contribution in [-0.2, 0) is 5.41 Å². The Bertz CT molecular complexity index is 393. The van der Waals surface area contributed by atoms with Crippen molar-refractivity contribution in [2.24, 2.45) is 17.8 Å². The summed E-state index contributed by atoms with van der Waals surface area (Å²) in [6.07, 6.45) is 8.04. The molecule has 4 aliphatic rings. The Balaban J connectivity index is 1.76.